The molecule has 0 amide bonds. The van der Waals surface area contributed by atoms with Crippen LogP contribution in [-0.4, -0.2) is 32.5 Å². The Morgan fingerprint density at radius 2 is 2.17 bits per heavy atom. The van der Waals surface area contributed by atoms with Gasteiger partial charge in [0.1, 0.15) is 5.82 Å². The first-order valence-corrected chi connectivity index (χ1v) is 7.34. The summed E-state index contributed by atoms with van der Waals surface area (Å²) >= 11 is 3.81. The molecule has 0 radical (unpaired) electrons. The van der Waals surface area contributed by atoms with Gasteiger partial charge in [-0.1, -0.05) is 28.8 Å². The highest BCUT2D eigenvalue weighted by Crippen LogP contribution is 2.30. The van der Waals surface area contributed by atoms with Gasteiger partial charge in [0.2, 0.25) is 0 Å². The zero-order valence-electron chi connectivity index (χ0n) is 10.5. The Bertz CT molecular complexity index is 539. The van der Waals surface area contributed by atoms with Crippen LogP contribution in [0.1, 0.15) is 25.7 Å². The Hall–Kier alpha value is -1.10. The molecule has 1 aliphatic carbocycles. The Morgan fingerprint density at radius 3 is 3.00 bits per heavy atom. The Balaban J connectivity index is 1.87. The molecular weight excluding hydrogens is 292 g/mol. The lowest BCUT2D eigenvalue weighted by atomic mass is 9.94. The molecule has 5 heteroatoms. The second kappa shape index (κ2) is 4.88. The van der Waals surface area contributed by atoms with Crippen molar-refractivity contribution in [3.8, 4) is 0 Å². The molecule has 0 aliphatic heterocycles. The molecule has 0 bridgehead atoms. The van der Waals surface area contributed by atoms with Crippen molar-refractivity contribution in [2.75, 3.05) is 11.9 Å². The van der Waals surface area contributed by atoms with Crippen LogP contribution in [0, 0.1) is 0 Å². The number of halogens is 1. The van der Waals surface area contributed by atoms with Gasteiger partial charge in [0.25, 0.3) is 0 Å². The SMILES string of the molecule is CN(c1ccn2nccc2n1)C1CCCCC1Br. The lowest BCUT2D eigenvalue weighted by Gasteiger charge is -2.35. The number of rotatable bonds is 2. The summed E-state index contributed by atoms with van der Waals surface area (Å²) in [5, 5.41) is 4.17. The van der Waals surface area contributed by atoms with Gasteiger partial charge in [0.05, 0.1) is 6.20 Å². The minimum Gasteiger partial charge on any atom is -0.355 e. The molecule has 0 N–H and O–H groups in total. The number of fused-ring (bicyclic) bond motifs is 1. The van der Waals surface area contributed by atoms with E-state index < -0.39 is 0 Å². The summed E-state index contributed by atoms with van der Waals surface area (Å²) in [7, 11) is 2.14. The van der Waals surface area contributed by atoms with Crippen molar-refractivity contribution in [3.05, 3.63) is 24.5 Å². The largest absolute Gasteiger partial charge is 0.355 e. The molecule has 0 aromatic carbocycles. The fourth-order valence-corrected chi connectivity index (χ4v) is 3.61. The second-order valence-corrected chi connectivity index (χ2v) is 6.07. The van der Waals surface area contributed by atoms with E-state index in [-0.39, 0.29) is 0 Å². The van der Waals surface area contributed by atoms with Crippen LogP contribution >= 0.6 is 15.9 Å². The van der Waals surface area contributed by atoms with Gasteiger partial charge in [-0.25, -0.2) is 9.50 Å². The first-order valence-electron chi connectivity index (χ1n) is 6.43. The Kier molecular flexibility index (Phi) is 3.24. The molecule has 0 saturated heterocycles. The summed E-state index contributed by atoms with van der Waals surface area (Å²) in [6.07, 6.45) is 8.88. The molecule has 1 fully saturated rings. The van der Waals surface area contributed by atoms with Gasteiger partial charge in [-0.05, 0) is 18.9 Å². The van der Waals surface area contributed by atoms with E-state index in [1.54, 1.807) is 10.7 Å². The summed E-state index contributed by atoms with van der Waals surface area (Å²) in [6, 6.07) is 4.51. The first-order chi connectivity index (χ1) is 8.75. The second-order valence-electron chi connectivity index (χ2n) is 4.90. The maximum absolute atomic E-state index is 4.65. The fourth-order valence-electron chi connectivity index (χ4n) is 2.67. The standard InChI is InChI=1S/C13H17BrN4/c1-17(11-5-3-2-4-10(11)14)12-7-9-18-13(16-12)6-8-15-18/h6-11H,2-5H2,1H3. The van der Waals surface area contributed by atoms with Gasteiger partial charge in [-0.15, -0.1) is 0 Å². The molecule has 2 unspecified atom stereocenters. The highest BCUT2D eigenvalue weighted by Gasteiger charge is 2.27. The van der Waals surface area contributed by atoms with Crippen molar-refractivity contribution >= 4 is 27.4 Å². The molecule has 3 rings (SSSR count). The summed E-state index contributed by atoms with van der Waals surface area (Å²) < 4.78 is 1.80. The minimum absolute atomic E-state index is 0.539. The molecule has 2 aromatic heterocycles. The lowest BCUT2D eigenvalue weighted by Crippen LogP contribution is -2.41. The molecule has 4 nitrogen and oxygen atoms in total. The number of aromatic nitrogens is 3. The van der Waals surface area contributed by atoms with Gasteiger partial charge in [-0.3, -0.25) is 0 Å². The summed E-state index contributed by atoms with van der Waals surface area (Å²) in [4.78, 5) is 7.52. The van der Waals surface area contributed by atoms with E-state index in [0.29, 0.717) is 10.9 Å². The average Bonchev–Trinajstić information content (AvgIpc) is 2.85. The van der Waals surface area contributed by atoms with E-state index in [1.807, 2.05) is 18.3 Å². The Labute approximate surface area is 115 Å². The maximum atomic E-state index is 4.65. The van der Waals surface area contributed by atoms with Crippen LogP contribution < -0.4 is 4.90 Å². The van der Waals surface area contributed by atoms with Crippen LogP contribution in [0.15, 0.2) is 24.5 Å². The number of hydrogen-bond donors (Lipinski definition) is 0. The zero-order chi connectivity index (χ0) is 12.5. The molecule has 2 heterocycles. The van der Waals surface area contributed by atoms with Crippen molar-refractivity contribution < 1.29 is 0 Å². The van der Waals surface area contributed by atoms with Crippen LogP contribution in [0.3, 0.4) is 0 Å². The number of alkyl halides is 1. The number of anilines is 1. The molecular formula is C13H17BrN4. The zero-order valence-corrected chi connectivity index (χ0v) is 12.0. The third-order valence-corrected chi connectivity index (χ3v) is 4.82. The highest BCUT2D eigenvalue weighted by molar-refractivity contribution is 9.09. The fraction of sp³-hybridized carbons (Fsp3) is 0.538. The number of nitrogens with zero attached hydrogens (tertiary/aromatic N) is 4. The number of hydrogen-bond acceptors (Lipinski definition) is 3. The van der Waals surface area contributed by atoms with Crippen molar-refractivity contribution in [2.24, 2.45) is 0 Å². The summed E-state index contributed by atoms with van der Waals surface area (Å²) in [6.45, 7) is 0. The van der Waals surface area contributed by atoms with Crippen molar-refractivity contribution in [1.29, 1.82) is 0 Å². The van der Waals surface area contributed by atoms with Crippen molar-refractivity contribution in [1.82, 2.24) is 14.6 Å². The topological polar surface area (TPSA) is 33.4 Å². The van der Waals surface area contributed by atoms with Gasteiger partial charge in [-0.2, -0.15) is 5.10 Å². The lowest BCUT2D eigenvalue weighted by molar-refractivity contribution is 0.442. The van der Waals surface area contributed by atoms with Gasteiger partial charge < -0.3 is 4.90 Å². The summed E-state index contributed by atoms with van der Waals surface area (Å²) in [5.74, 6) is 1.03. The van der Waals surface area contributed by atoms with E-state index in [1.165, 1.54) is 25.7 Å². The average molecular weight is 309 g/mol. The van der Waals surface area contributed by atoms with Gasteiger partial charge in [0.15, 0.2) is 5.65 Å². The first kappa shape index (κ1) is 12.0. The molecule has 18 heavy (non-hydrogen) atoms. The third kappa shape index (κ3) is 2.11. The molecule has 1 aliphatic rings. The minimum atomic E-state index is 0.539. The van der Waals surface area contributed by atoms with Gasteiger partial charge >= 0.3 is 0 Å². The van der Waals surface area contributed by atoms with Gasteiger partial charge in [0, 0.05) is 30.2 Å². The highest BCUT2D eigenvalue weighted by atomic mass is 79.9. The van der Waals surface area contributed by atoms with Crippen molar-refractivity contribution in [2.45, 2.75) is 36.6 Å². The van der Waals surface area contributed by atoms with E-state index >= 15 is 0 Å². The van der Waals surface area contributed by atoms with E-state index in [4.69, 9.17) is 0 Å². The third-order valence-electron chi connectivity index (χ3n) is 3.75. The molecule has 2 aromatic rings. The van der Waals surface area contributed by atoms with Crippen LogP contribution in [0.25, 0.3) is 5.65 Å². The smallest absolute Gasteiger partial charge is 0.157 e. The quantitative estimate of drug-likeness (QED) is 0.800. The van der Waals surface area contributed by atoms with Crippen LogP contribution in [0.4, 0.5) is 5.82 Å². The predicted octanol–water partition coefficient (Wildman–Crippen LogP) is 2.87. The van der Waals surface area contributed by atoms with E-state index in [2.05, 4.69) is 38.0 Å². The van der Waals surface area contributed by atoms with Crippen LogP contribution in [-0.2, 0) is 0 Å². The van der Waals surface area contributed by atoms with E-state index in [9.17, 15) is 0 Å². The molecule has 1 saturated carbocycles. The Morgan fingerprint density at radius 1 is 1.33 bits per heavy atom. The maximum Gasteiger partial charge on any atom is 0.157 e. The van der Waals surface area contributed by atoms with Crippen LogP contribution in [0.5, 0.6) is 0 Å². The molecule has 96 valence electrons. The molecule has 2 atom stereocenters. The monoisotopic (exact) mass is 308 g/mol. The summed E-state index contributed by atoms with van der Waals surface area (Å²) in [5.41, 5.74) is 0.904. The normalized spacial score (nSPS) is 24.3. The molecule has 0 spiro atoms. The van der Waals surface area contributed by atoms with Crippen molar-refractivity contribution in [3.63, 3.8) is 0 Å². The van der Waals surface area contributed by atoms with Crippen LogP contribution in [0.2, 0.25) is 0 Å². The predicted molar refractivity (Wildman–Crippen MR) is 76.4 cm³/mol. The van der Waals surface area contributed by atoms with E-state index in [0.717, 1.165) is 11.5 Å².